The lowest BCUT2D eigenvalue weighted by molar-refractivity contribution is -0.138. The van der Waals surface area contributed by atoms with Crippen LogP contribution in [-0.2, 0) is 25.0 Å². The van der Waals surface area contributed by atoms with Gasteiger partial charge >= 0.3 is 0 Å². The molecule has 2 aliphatic heterocycles. The topological polar surface area (TPSA) is 66.9 Å². The lowest BCUT2D eigenvalue weighted by Gasteiger charge is -2.41. The minimum atomic E-state index is -2.93. The summed E-state index contributed by atoms with van der Waals surface area (Å²) in [7, 11) is 0.645. The Kier molecular flexibility index (Phi) is 5.69. The third kappa shape index (κ3) is 4.10. The zero-order valence-electron chi connectivity index (χ0n) is 15.6. The van der Waals surface area contributed by atoms with E-state index in [2.05, 4.69) is 12.1 Å². The zero-order valence-corrected chi connectivity index (χ0v) is 16.4. The van der Waals surface area contributed by atoms with Crippen LogP contribution in [0.15, 0.2) is 30.3 Å². The van der Waals surface area contributed by atoms with Crippen molar-refractivity contribution in [3.8, 4) is 0 Å². The van der Waals surface area contributed by atoms with Crippen LogP contribution in [0.1, 0.15) is 24.8 Å². The second-order valence-electron chi connectivity index (χ2n) is 7.42. The first-order chi connectivity index (χ1) is 12.4. The average Bonchev–Trinajstić information content (AvgIpc) is 3.02. The first-order valence-electron chi connectivity index (χ1n) is 9.14. The van der Waals surface area contributed by atoms with Crippen LogP contribution in [-0.4, -0.2) is 75.5 Å². The first-order valence-corrected chi connectivity index (χ1v) is 11.0. The van der Waals surface area contributed by atoms with Crippen LogP contribution in [0.5, 0.6) is 0 Å². The molecule has 1 amide bonds. The zero-order chi connectivity index (χ0) is 18.8. The molecule has 6 nitrogen and oxygen atoms in total. The fraction of sp³-hybridized carbons (Fsp3) is 0.632. The highest BCUT2D eigenvalue weighted by molar-refractivity contribution is 7.91. The maximum atomic E-state index is 12.7. The summed E-state index contributed by atoms with van der Waals surface area (Å²) in [4.78, 5) is 16.4. The molecule has 2 fully saturated rings. The Bertz CT molecular complexity index is 727. The summed E-state index contributed by atoms with van der Waals surface area (Å²) in [5.74, 6) is 0.458. The third-order valence-electron chi connectivity index (χ3n) is 5.83. The van der Waals surface area contributed by atoms with Gasteiger partial charge in [0.25, 0.3) is 0 Å². The number of nitrogens with zero attached hydrogens (tertiary/aromatic N) is 2. The molecule has 2 heterocycles. The molecule has 0 radical (unpaired) electrons. The van der Waals surface area contributed by atoms with Crippen LogP contribution in [0, 0.1) is 0 Å². The molecule has 144 valence electrons. The first kappa shape index (κ1) is 19.3. The smallest absolute Gasteiger partial charge is 0.236 e. The number of rotatable bonds is 5. The van der Waals surface area contributed by atoms with Crippen LogP contribution in [0.3, 0.4) is 0 Å². The maximum absolute atomic E-state index is 12.7. The summed E-state index contributed by atoms with van der Waals surface area (Å²) in [6, 6.07) is 10.1. The molecule has 3 rings (SSSR count). The van der Waals surface area contributed by atoms with Crippen molar-refractivity contribution < 1.29 is 17.9 Å². The Morgan fingerprint density at radius 3 is 2.46 bits per heavy atom. The Morgan fingerprint density at radius 1 is 1.27 bits per heavy atom. The van der Waals surface area contributed by atoms with Crippen molar-refractivity contribution in [2.24, 2.45) is 0 Å². The molecule has 0 bridgehead atoms. The maximum Gasteiger partial charge on any atom is 0.236 e. The van der Waals surface area contributed by atoms with E-state index in [-0.39, 0.29) is 35.6 Å². The number of hydrogen-bond acceptors (Lipinski definition) is 5. The molecule has 0 saturated carbocycles. The molecule has 2 aliphatic rings. The lowest BCUT2D eigenvalue weighted by Crippen LogP contribution is -2.49. The summed E-state index contributed by atoms with van der Waals surface area (Å²) >= 11 is 0. The summed E-state index contributed by atoms with van der Waals surface area (Å²) < 4.78 is 29.1. The summed E-state index contributed by atoms with van der Waals surface area (Å²) in [5.41, 5.74) is 0.826. The summed E-state index contributed by atoms with van der Waals surface area (Å²) in [6.45, 7) is 1.57. The van der Waals surface area contributed by atoms with Gasteiger partial charge in [0.1, 0.15) is 0 Å². The van der Waals surface area contributed by atoms with Gasteiger partial charge in [0.2, 0.25) is 5.91 Å². The second kappa shape index (κ2) is 7.66. The highest BCUT2D eigenvalue weighted by Gasteiger charge is 2.38. The van der Waals surface area contributed by atoms with E-state index in [4.69, 9.17) is 4.74 Å². The quantitative estimate of drug-likeness (QED) is 0.770. The number of piperidine rings is 1. The van der Waals surface area contributed by atoms with Crippen LogP contribution >= 0.6 is 0 Å². The number of carbonyl (C=O) groups is 1. The van der Waals surface area contributed by atoms with E-state index in [0.717, 1.165) is 18.4 Å². The Balaban J connectivity index is 1.56. The number of sulfone groups is 1. The molecule has 1 aromatic rings. The van der Waals surface area contributed by atoms with Crippen molar-refractivity contribution in [1.29, 1.82) is 0 Å². The molecule has 1 aromatic carbocycles. The average molecular weight is 381 g/mol. The number of likely N-dealkylation sites (N-methyl/N-ethyl adjacent to an activating group) is 1. The molecule has 1 atom stereocenters. The van der Waals surface area contributed by atoms with Gasteiger partial charge in [0, 0.05) is 26.2 Å². The van der Waals surface area contributed by atoms with Crippen molar-refractivity contribution in [3.05, 3.63) is 35.9 Å². The van der Waals surface area contributed by atoms with Crippen LogP contribution in [0.25, 0.3) is 0 Å². The van der Waals surface area contributed by atoms with Crippen molar-refractivity contribution in [1.82, 2.24) is 9.80 Å². The predicted molar refractivity (Wildman–Crippen MR) is 101 cm³/mol. The van der Waals surface area contributed by atoms with E-state index in [9.17, 15) is 13.2 Å². The number of benzene rings is 1. The van der Waals surface area contributed by atoms with Gasteiger partial charge in [-0.3, -0.25) is 9.69 Å². The lowest BCUT2D eigenvalue weighted by atomic mass is 9.84. The summed E-state index contributed by atoms with van der Waals surface area (Å²) in [6.07, 6.45) is 2.15. The van der Waals surface area contributed by atoms with Gasteiger partial charge in [-0.15, -0.1) is 0 Å². The third-order valence-corrected chi connectivity index (χ3v) is 7.58. The summed E-state index contributed by atoms with van der Waals surface area (Å²) in [5, 5.41) is 0. The number of hydrogen-bond donors (Lipinski definition) is 0. The molecular weight excluding hydrogens is 352 g/mol. The SMILES string of the molecule is COC1(c2ccccc2)CCN(C(=O)CN(C)C2CCS(=O)(=O)C2)CC1. The van der Waals surface area contributed by atoms with Crippen molar-refractivity contribution in [2.45, 2.75) is 30.9 Å². The van der Waals surface area contributed by atoms with E-state index < -0.39 is 9.84 Å². The predicted octanol–water partition coefficient (Wildman–Crippen LogP) is 1.27. The standard InChI is InChI=1S/C19H28N2O4S/c1-20(17-8-13-26(23,24)15-17)14-18(22)21-11-9-19(25-2,10-12-21)16-6-4-3-5-7-16/h3-7,17H,8-15H2,1-2H3. The number of ether oxygens (including phenoxy) is 1. The van der Waals surface area contributed by atoms with Gasteiger partial charge in [0.15, 0.2) is 9.84 Å². The van der Waals surface area contributed by atoms with Crippen LogP contribution in [0.2, 0.25) is 0 Å². The normalized spacial score (nSPS) is 24.7. The highest BCUT2D eigenvalue weighted by atomic mass is 32.2. The van der Waals surface area contributed by atoms with Crippen molar-refractivity contribution >= 4 is 15.7 Å². The largest absolute Gasteiger partial charge is 0.373 e. The molecule has 7 heteroatoms. The fourth-order valence-electron chi connectivity index (χ4n) is 4.04. The molecule has 1 unspecified atom stereocenters. The van der Waals surface area contributed by atoms with Gasteiger partial charge in [0.05, 0.1) is 23.7 Å². The van der Waals surface area contributed by atoms with Gasteiger partial charge in [-0.2, -0.15) is 0 Å². The van der Waals surface area contributed by atoms with E-state index >= 15 is 0 Å². The van der Waals surface area contributed by atoms with E-state index in [1.807, 2.05) is 35.0 Å². The number of amides is 1. The van der Waals surface area contributed by atoms with Gasteiger partial charge in [-0.25, -0.2) is 8.42 Å². The number of likely N-dealkylation sites (tertiary alicyclic amines) is 1. The van der Waals surface area contributed by atoms with Crippen molar-refractivity contribution in [2.75, 3.05) is 45.3 Å². The Hall–Kier alpha value is -1.44. The van der Waals surface area contributed by atoms with Crippen LogP contribution in [0.4, 0.5) is 0 Å². The van der Waals surface area contributed by atoms with E-state index in [0.29, 0.717) is 19.5 Å². The van der Waals surface area contributed by atoms with E-state index in [1.165, 1.54) is 0 Å². The number of methoxy groups -OCH3 is 1. The Labute approximate surface area is 156 Å². The minimum absolute atomic E-state index is 0.0453. The van der Waals surface area contributed by atoms with Crippen LogP contribution < -0.4 is 0 Å². The second-order valence-corrected chi connectivity index (χ2v) is 9.65. The minimum Gasteiger partial charge on any atom is -0.373 e. The van der Waals surface area contributed by atoms with E-state index in [1.54, 1.807) is 7.11 Å². The molecular formula is C19H28N2O4S. The molecule has 26 heavy (non-hydrogen) atoms. The number of carbonyl (C=O) groups excluding carboxylic acids is 1. The highest BCUT2D eigenvalue weighted by Crippen LogP contribution is 2.36. The van der Waals surface area contributed by atoms with Crippen molar-refractivity contribution in [3.63, 3.8) is 0 Å². The molecule has 2 saturated heterocycles. The fourth-order valence-corrected chi connectivity index (χ4v) is 5.84. The monoisotopic (exact) mass is 380 g/mol. The van der Waals surface area contributed by atoms with Gasteiger partial charge < -0.3 is 9.64 Å². The van der Waals surface area contributed by atoms with Gasteiger partial charge in [-0.05, 0) is 31.9 Å². The van der Waals surface area contributed by atoms with Gasteiger partial charge in [-0.1, -0.05) is 30.3 Å². The molecule has 0 aliphatic carbocycles. The molecule has 0 spiro atoms. The Morgan fingerprint density at radius 2 is 1.92 bits per heavy atom. The molecule has 0 N–H and O–H groups in total. The molecule has 0 aromatic heterocycles.